The van der Waals surface area contributed by atoms with Gasteiger partial charge in [0, 0.05) is 24.8 Å². The molecule has 0 aromatic heterocycles. The van der Waals surface area contributed by atoms with Crippen molar-refractivity contribution in [1.82, 2.24) is 0 Å². The Kier molecular flexibility index (Phi) is 6.12. The highest BCUT2D eigenvalue weighted by atomic mass is 16.5. The van der Waals surface area contributed by atoms with E-state index in [-0.39, 0.29) is 18.3 Å². The van der Waals surface area contributed by atoms with Crippen LogP contribution in [0.2, 0.25) is 0 Å². The van der Waals surface area contributed by atoms with Crippen molar-refractivity contribution in [2.24, 2.45) is 5.92 Å². The average molecular weight is 316 g/mol. The fraction of sp³-hybridized carbons (Fsp3) is 0.471. The van der Waals surface area contributed by atoms with Crippen LogP contribution in [-0.4, -0.2) is 31.5 Å². The van der Waals surface area contributed by atoms with Crippen LogP contribution in [0.15, 0.2) is 24.3 Å². The van der Waals surface area contributed by atoms with Gasteiger partial charge in [0.05, 0.1) is 19.3 Å². The first-order valence-corrected chi connectivity index (χ1v) is 7.63. The zero-order valence-electron chi connectivity index (χ0n) is 13.1. The summed E-state index contributed by atoms with van der Waals surface area (Å²) in [6, 6.07) is 8.55. The predicted octanol–water partition coefficient (Wildman–Crippen LogP) is 2.30. The molecule has 0 radical (unpaired) electrons. The number of anilines is 1. The van der Waals surface area contributed by atoms with Crippen LogP contribution in [0.1, 0.15) is 25.7 Å². The lowest BCUT2D eigenvalue weighted by atomic mass is 9.98. The number of ketones is 1. The number of carbonyl (C=O) groups is 2. The highest BCUT2D eigenvalue weighted by Crippen LogP contribution is 2.20. The van der Waals surface area contributed by atoms with Crippen molar-refractivity contribution < 1.29 is 19.1 Å². The number of carbonyl (C=O) groups excluding carboxylic acids is 2. The molecule has 2 atom stereocenters. The standard InChI is InChI=1S/C17H20N2O4/c1-22-14-5-2-4-12(10-14)19-17(21)15(11-18)16(20)8-7-13-6-3-9-23-13/h2,4-5,10,13,15H,3,6-9H2,1H3,(H,19,21)/t13-,15-/m1/s1. The summed E-state index contributed by atoms with van der Waals surface area (Å²) in [4.78, 5) is 24.3. The van der Waals surface area contributed by atoms with Gasteiger partial charge in [-0.25, -0.2) is 0 Å². The van der Waals surface area contributed by atoms with Crippen LogP contribution in [0, 0.1) is 17.2 Å². The number of nitriles is 1. The monoisotopic (exact) mass is 316 g/mol. The number of amides is 1. The molecule has 1 aliphatic rings. The SMILES string of the molecule is COc1cccc(NC(=O)[C@H](C#N)C(=O)CC[C@H]2CCCO2)c1. The van der Waals surface area contributed by atoms with E-state index in [2.05, 4.69) is 5.32 Å². The summed E-state index contributed by atoms with van der Waals surface area (Å²) in [5.41, 5.74) is 0.488. The first kappa shape index (κ1) is 17.0. The largest absolute Gasteiger partial charge is 0.497 e. The number of Topliss-reactive ketones (excluding diaryl/α,β-unsaturated/α-hetero) is 1. The Labute approximate surface area is 135 Å². The summed E-state index contributed by atoms with van der Waals surface area (Å²) < 4.78 is 10.5. The van der Waals surface area contributed by atoms with E-state index in [4.69, 9.17) is 14.7 Å². The molecular formula is C17H20N2O4. The molecular weight excluding hydrogens is 296 g/mol. The van der Waals surface area contributed by atoms with Gasteiger partial charge in [-0.2, -0.15) is 5.26 Å². The molecule has 1 fully saturated rings. The third kappa shape index (κ3) is 4.80. The van der Waals surface area contributed by atoms with E-state index in [1.807, 2.05) is 0 Å². The summed E-state index contributed by atoms with van der Waals surface area (Å²) in [7, 11) is 1.52. The molecule has 0 saturated carbocycles. The van der Waals surface area contributed by atoms with E-state index in [0.717, 1.165) is 19.4 Å². The maximum atomic E-state index is 12.2. The van der Waals surface area contributed by atoms with Gasteiger partial charge >= 0.3 is 0 Å². The first-order valence-electron chi connectivity index (χ1n) is 7.63. The lowest BCUT2D eigenvalue weighted by Gasteiger charge is -2.12. The number of hydrogen-bond donors (Lipinski definition) is 1. The molecule has 0 spiro atoms. The molecule has 1 saturated heterocycles. The van der Waals surface area contributed by atoms with Crippen molar-refractivity contribution in [3.05, 3.63) is 24.3 Å². The van der Waals surface area contributed by atoms with Crippen molar-refractivity contribution in [3.63, 3.8) is 0 Å². The summed E-state index contributed by atoms with van der Waals surface area (Å²) in [6.45, 7) is 0.719. The summed E-state index contributed by atoms with van der Waals surface area (Å²) in [5, 5.41) is 11.7. The van der Waals surface area contributed by atoms with Gasteiger partial charge in [0.15, 0.2) is 11.7 Å². The normalized spacial score (nSPS) is 18.0. The van der Waals surface area contributed by atoms with Crippen LogP contribution in [0.4, 0.5) is 5.69 Å². The Morgan fingerprint density at radius 1 is 1.52 bits per heavy atom. The summed E-state index contributed by atoms with van der Waals surface area (Å²) in [6.07, 6.45) is 2.73. The van der Waals surface area contributed by atoms with Gasteiger partial charge in [-0.05, 0) is 31.4 Å². The molecule has 6 heteroatoms. The first-order chi connectivity index (χ1) is 11.1. The van der Waals surface area contributed by atoms with E-state index < -0.39 is 11.8 Å². The fourth-order valence-electron chi connectivity index (χ4n) is 2.51. The van der Waals surface area contributed by atoms with Crippen LogP contribution < -0.4 is 10.1 Å². The molecule has 0 bridgehead atoms. The zero-order chi connectivity index (χ0) is 16.7. The number of nitrogens with zero attached hydrogens (tertiary/aromatic N) is 1. The van der Waals surface area contributed by atoms with E-state index in [0.29, 0.717) is 17.9 Å². The summed E-state index contributed by atoms with van der Waals surface area (Å²) >= 11 is 0. The maximum Gasteiger partial charge on any atom is 0.249 e. The molecule has 2 rings (SSSR count). The highest BCUT2D eigenvalue weighted by molar-refractivity contribution is 6.09. The molecule has 122 valence electrons. The van der Waals surface area contributed by atoms with Gasteiger partial charge in [-0.3, -0.25) is 9.59 Å². The van der Waals surface area contributed by atoms with Crippen molar-refractivity contribution in [2.75, 3.05) is 19.0 Å². The Bertz CT molecular complexity index is 603. The van der Waals surface area contributed by atoms with E-state index in [1.165, 1.54) is 7.11 Å². The molecule has 1 N–H and O–H groups in total. The second kappa shape index (κ2) is 8.30. The molecule has 0 aliphatic carbocycles. The van der Waals surface area contributed by atoms with Gasteiger partial charge in [0.25, 0.3) is 0 Å². The molecule has 1 aromatic carbocycles. The number of rotatable bonds is 7. The second-order valence-electron chi connectivity index (χ2n) is 5.42. The van der Waals surface area contributed by atoms with E-state index in [1.54, 1.807) is 30.3 Å². The van der Waals surface area contributed by atoms with Gasteiger partial charge < -0.3 is 14.8 Å². The maximum absolute atomic E-state index is 12.2. The number of ether oxygens (including phenoxy) is 2. The third-order valence-electron chi connectivity index (χ3n) is 3.79. The molecule has 1 amide bonds. The number of nitrogens with one attached hydrogen (secondary N) is 1. The minimum absolute atomic E-state index is 0.0692. The second-order valence-corrected chi connectivity index (χ2v) is 5.42. The van der Waals surface area contributed by atoms with Gasteiger partial charge in [0.2, 0.25) is 5.91 Å². The Morgan fingerprint density at radius 3 is 3.00 bits per heavy atom. The topological polar surface area (TPSA) is 88.4 Å². The van der Waals surface area contributed by atoms with Gasteiger partial charge in [-0.15, -0.1) is 0 Å². The van der Waals surface area contributed by atoms with Crippen LogP contribution in [0.5, 0.6) is 5.75 Å². The summed E-state index contributed by atoms with van der Waals surface area (Å²) in [5.74, 6) is -1.70. The number of hydrogen-bond acceptors (Lipinski definition) is 5. The van der Waals surface area contributed by atoms with Crippen molar-refractivity contribution >= 4 is 17.4 Å². The lowest BCUT2D eigenvalue weighted by molar-refractivity contribution is -0.129. The van der Waals surface area contributed by atoms with Crippen molar-refractivity contribution in [3.8, 4) is 11.8 Å². The van der Waals surface area contributed by atoms with Crippen LogP contribution >= 0.6 is 0 Å². The Morgan fingerprint density at radius 2 is 2.35 bits per heavy atom. The quantitative estimate of drug-likeness (QED) is 0.780. The van der Waals surface area contributed by atoms with Crippen LogP contribution in [0.25, 0.3) is 0 Å². The number of benzene rings is 1. The highest BCUT2D eigenvalue weighted by Gasteiger charge is 2.27. The minimum Gasteiger partial charge on any atom is -0.497 e. The molecule has 1 aromatic rings. The smallest absolute Gasteiger partial charge is 0.249 e. The molecule has 23 heavy (non-hydrogen) atoms. The van der Waals surface area contributed by atoms with Crippen LogP contribution in [0.3, 0.4) is 0 Å². The third-order valence-corrected chi connectivity index (χ3v) is 3.79. The fourth-order valence-corrected chi connectivity index (χ4v) is 2.51. The lowest BCUT2D eigenvalue weighted by Crippen LogP contribution is -2.29. The van der Waals surface area contributed by atoms with E-state index >= 15 is 0 Å². The predicted molar refractivity (Wildman–Crippen MR) is 83.9 cm³/mol. The minimum atomic E-state index is -1.30. The van der Waals surface area contributed by atoms with Crippen molar-refractivity contribution in [2.45, 2.75) is 31.8 Å². The van der Waals surface area contributed by atoms with Gasteiger partial charge in [0.1, 0.15) is 5.75 Å². The molecule has 1 aliphatic heterocycles. The number of methoxy groups -OCH3 is 1. The van der Waals surface area contributed by atoms with Crippen LogP contribution in [-0.2, 0) is 14.3 Å². The molecule has 1 heterocycles. The van der Waals surface area contributed by atoms with E-state index in [9.17, 15) is 9.59 Å². The van der Waals surface area contributed by atoms with Crippen molar-refractivity contribution in [1.29, 1.82) is 5.26 Å². The average Bonchev–Trinajstić information content (AvgIpc) is 3.07. The Hall–Kier alpha value is -2.39. The molecule has 6 nitrogen and oxygen atoms in total. The zero-order valence-corrected chi connectivity index (χ0v) is 13.1. The Balaban J connectivity index is 1.91. The molecule has 0 unspecified atom stereocenters. The van der Waals surface area contributed by atoms with Gasteiger partial charge in [-0.1, -0.05) is 6.07 Å².